The van der Waals surface area contributed by atoms with Crippen LogP contribution in [0.25, 0.3) is 0 Å². The van der Waals surface area contributed by atoms with E-state index in [1.807, 2.05) is 18.2 Å². The molecule has 0 aliphatic heterocycles. The van der Waals surface area contributed by atoms with Gasteiger partial charge in [0.1, 0.15) is 12.4 Å². The standard InChI is InChI=1S/C13H9IN2O/c14-12-4-3-10(7-15)6-13(12)17-9-11-2-1-5-16-8-11/h1-6,8H,9H2. The maximum atomic E-state index is 8.82. The molecule has 0 radical (unpaired) electrons. The van der Waals surface area contributed by atoms with Gasteiger partial charge in [-0.05, 0) is 46.9 Å². The molecule has 1 heterocycles. The number of halogens is 1. The molecule has 17 heavy (non-hydrogen) atoms. The zero-order valence-corrected chi connectivity index (χ0v) is 11.1. The van der Waals surface area contributed by atoms with Crippen molar-refractivity contribution >= 4 is 22.6 Å². The van der Waals surface area contributed by atoms with Crippen LogP contribution in [0.1, 0.15) is 11.1 Å². The number of pyridine rings is 1. The molecule has 3 nitrogen and oxygen atoms in total. The monoisotopic (exact) mass is 336 g/mol. The molecule has 0 bridgehead atoms. The molecule has 0 unspecified atom stereocenters. The number of hydrogen-bond donors (Lipinski definition) is 0. The van der Waals surface area contributed by atoms with Gasteiger partial charge in [-0.2, -0.15) is 5.26 Å². The number of rotatable bonds is 3. The number of nitrogens with zero attached hydrogens (tertiary/aromatic N) is 2. The highest BCUT2D eigenvalue weighted by atomic mass is 127. The molecular formula is C13H9IN2O. The van der Waals surface area contributed by atoms with E-state index in [2.05, 4.69) is 33.6 Å². The fourth-order valence-corrected chi connectivity index (χ4v) is 1.82. The van der Waals surface area contributed by atoms with Crippen LogP contribution in [0.4, 0.5) is 0 Å². The van der Waals surface area contributed by atoms with Crippen LogP contribution in [0.5, 0.6) is 5.75 Å². The minimum Gasteiger partial charge on any atom is -0.488 e. The van der Waals surface area contributed by atoms with Crippen LogP contribution in [0.2, 0.25) is 0 Å². The summed E-state index contributed by atoms with van der Waals surface area (Å²) in [6, 6.07) is 11.3. The molecule has 0 saturated carbocycles. The Morgan fingerprint density at radius 3 is 2.94 bits per heavy atom. The van der Waals surface area contributed by atoms with Gasteiger partial charge in [0.25, 0.3) is 0 Å². The average Bonchev–Trinajstić information content (AvgIpc) is 2.39. The van der Waals surface area contributed by atoms with E-state index < -0.39 is 0 Å². The first kappa shape index (κ1) is 11.9. The van der Waals surface area contributed by atoms with Gasteiger partial charge in [-0.3, -0.25) is 4.98 Å². The quantitative estimate of drug-likeness (QED) is 0.809. The average molecular weight is 336 g/mol. The highest BCUT2D eigenvalue weighted by molar-refractivity contribution is 14.1. The van der Waals surface area contributed by atoms with Crippen LogP contribution in [0.3, 0.4) is 0 Å². The topological polar surface area (TPSA) is 45.9 Å². The van der Waals surface area contributed by atoms with Gasteiger partial charge >= 0.3 is 0 Å². The Hall–Kier alpha value is -1.61. The molecule has 4 heteroatoms. The Labute approximate surface area is 113 Å². The molecule has 0 aliphatic rings. The zero-order valence-electron chi connectivity index (χ0n) is 8.93. The van der Waals surface area contributed by atoms with Crippen molar-refractivity contribution in [3.05, 3.63) is 57.4 Å². The van der Waals surface area contributed by atoms with Crippen LogP contribution in [0.15, 0.2) is 42.7 Å². The third-order valence-corrected chi connectivity index (χ3v) is 3.07. The van der Waals surface area contributed by atoms with Gasteiger partial charge in [0.15, 0.2) is 0 Å². The molecule has 0 atom stereocenters. The SMILES string of the molecule is N#Cc1ccc(I)c(OCc2cccnc2)c1. The first-order valence-corrected chi connectivity index (χ1v) is 6.09. The molecule has 1 aromatic carbocycles. The lowest BCUT2D eigenvalue weighted by molar-refractivity contribution is 0.303. The summed E-state index contributed by atoms with van der Waals surface area (Å²) in [5.41, 5.74) is 1.61. The molecule has 0 N–H and O–H groups in total. The fraction of sp³-hybridized carbons (Fsp3) is 0.0769. The summed E-state index contributed by atoms with van der Waals surface area (Å²) in [6.45, 7) is 0.457. The number of ether oxygens (including phenoxy) is 1. The van der Waals surface area contributed by atoms with Gasteiger partial charge in [0, 0.05) is 18.0 Å². The highest BCUT2D eigenvalue weighted by Gasteiger charge is 2.03. The summed E-state index contributed by atoms with van der Waals surface area (Å²) >= 11 is 2.19. The summed E-state index contributed by atoms with van der Waals surface area (Å²) in [6.07, 6.45) is 3.49. The molecule has 2 aromatic rings. The second-order valence-electron chi connectivity index (χ2n) is 3.41. The second kappa shape index (κ2) is 5.64. The van der Waals surface area contributed by atoms with Gasteiger partial charge in [0.2, 0.25) is 0 Å². The lowest BCUT2D eigenvalue weighted by Crippen LogP contribution is -1.97. The Morgan fingerprint density at radius 2 is 2.24 bits per heavy atom. The van der Waals surface area contributed by atoms with Gasteiger partial charge in [-0.15, -0.1) is 0 Å². The molecule has 2 rings (SSSR count). The maximum Gasteiger partial charge on any atom is 0.134 e. The number of benzene rings is 1. The summed E-state index contributed by atoms with van der Waals surface area (Å²) in [5, 5.41) is 8.82. The van der Waals surface area contributed by atoms with E-state index in [1.165, 1.54) is 0 Å². The first-order chi connectivity index (χ1) is 8.29. The molecule has 0 aliphatic carbocycles. The Kier molecular flexibility index (Phi) is 3.94. The maximum absolute atomic E-state index is 8.82. The summed E-state index contributed by atoms with van der Waals surface area (Å²) in [5.74, 6) is 0.730. The van der Waals surface area contributed by atoms with E-state index in [-0.39, 0.29) is 0 Å². The van der Waals surface area contributed by atoms with E-state index in [0.717, 1.165) is 14.9 Å². The van der Waals surface area contributed by atoms with E-state index in [4.69, 9.17) is 10.00 Å². The van der Waals surface area contributed by atoms with Crippen molar-refractivity contribution in [2.24, 2.45) is 0 Å². The van der Waals surface area contributed by atoms with E-state index in [1.54, 1.807) is 24.5 Å². The zero-order chi connectivity index (χ0) is 12.1. The van der Waals surface area contributed by atoms with Crippen LogP contribution < -0.4 is 4.74 Å². The molecule has 1 aromatic heterocycles. The third-order valence-electron chi connectivity index (χ3n) is 2.18. The molecule has 0 saturated heterocycles. The van der Waals surface area contributed by atoms with Crippen LogP contribution in [0, 0.1) is 14.9 Å². The minimum atomic E-state index is 0.457. The largest absolute Gasteiger partial charge is 0.488 e. The molecule has 84 valence electrons. The predicted octanol–water partition coefficient (Wildman–Crippen LogP) is 3.14. The van der Waals surface area contributed by atoms with Crippen LogP contribution >= 0.6 is 22.6 Å². The summed E-state index contributed by atoms with van der Waals surface area (Å²) in [7, 11) is 0. The molecule has 0 fully saturated rings. The minimum absolute atomic E-state index is 0.457. The second-order valence-corrected chi connectivity index (χ2v) is 4.57. The van der Waals surface area contributed by atoms with Gasteiger partial charge < -0.3 is 4.74 Å². The summed E-state index contributed by atoms with van der Waals surface area (Å²) in [4.78, 5) is 4.02. The van der Waals surface area contributed by atoms with Gasteiger partial charge in [-0.25, -0.2) is 0 Å². The van der Waals surface area contributed by atoms with Crippen molar-refractivity contribution in [2.45, 2.75) is 6.61 Å². The Morgan fingerprint density at radius 1 is 1.35 bits per heavy atom. The Balaban J connectivity index is 2.12. The predicted molar refractivity (Wildman–Crippen MR) is 72.4 cm³/mol. The van der Waals surface area contributed by atoms with Crippen molar-refractivity contribution in [3.8, 4) is 11.8 Å². The van der Waals surface area contributed by atoms with Gasteiger partial charge in [0.05, 0.1) is 15.2 Å². The van der Waals surface area contributed by atoms with Crippen molar-refractivity contribution in [1.29, 1.82) is 5.26 Å². The lowest BCUT2D eigenvalue weighted by Gasteiger charge is -2.08. The van der Waals surface area contributed by atoms with Gasteiger partial charge in [-0.1, -0.05) is 6.07 Å². The normalized spacial score (nSPS) is 9.65. The number of hydrogen-bond acceptors (Lipinski definition) is 3. The number of aromatic nitrogens is 1. The fourth-order valence-electron chi connectivity index (χ4n) is 1.33. The van der Waals surface area contributed by atoms with Crippen molar-refractivity contribution in [3.63, 3.8) is 0 Å². The highest BCUT2D eigenvalue weighted by Crippen LogP contribution is 2.22. The van der Waals surface area contributed by atoms with Crippen molar-refractivity contribution in [1.82, 2.24) is 4.98 Å². The molecule has 0 spiro atoms. The van der Waals surface area contributed by atoms with E-state index >= 15 is 0 Å². The Bertz CT molecular complexity index is 549. The van der Waals surface area contributed by atoms with Crippen LogP contribution in [-0.2, 0) is 6.61 Å². The smallest absolute Gasteiger partial charge is 0.134 e. The van der Waals surface area contributed by atoms with Crippen LogP contribution in [-0.4, -0.2) is 4.98 Å². The van der Waals surface area contributed by atoms with Crippen molar-refractivity contribution in [2.75, 3.05) is 0 Å². The molecule has 0 amide bonds. The number of nitriles is 1. The van der Waals surface area contributed by atoms with Crippen molar-refractivity contribution < 1.29 is 4.74 Å². The third kappa shape index (κ3) is 3.17. The van der Waals surface area contributed by atoms with E-state index in [0.29, 0.717) is 12.2 Å². The molecular weight excluding hydrogens is 327 g/mol. The van der Waals surface area contributed by atoms with E-state index in [9.17, 15) is 0 Å². The first-order valence-electron chi connectivity index (χ1n) is 5.01. The lowest BCUT2D eigenvalue weighted by atomic mass is 10.2. The summed E-state index contributed by atoms with van der Waals surface area (Å²) < 4.78 is 6.66.